The number of amides is 1. The molecule has 1 amide bonds. The summed E-state index contributed by atoms with van der Waals surface area (Å²) >= 11 is 3.12. The van der Waals surface area contributed by atoms with E-state index in [0.717, 1.165) is 12.8 Å². The van der Waals surface area contributed by atoms with Crippen molar-refractivity contribution in [3.8, 4) is 0 Å². The highest BCUT2D eigenvalue weighted by atomic mass is 79.9. The molecule has 0 radical (unpaired) electrons. The zero-order chi connectivity index (χ0) is 10.6. The van der Waals surface area contributed by atoms with Gasteiger partial charge in [0.1, 0.15) is 10.4 Å². The fraction of sp³-hybridized carbons (Fsp3) is 0.375. The van der Waals surface area contributed by atoms with Gasteiger partial charge >= 0.3 is 0 Å². The summed E-state index contributed by atoms with van der Waals surface area (Å²) in [7, 11) is 0. The number of carbonyl (C=O) groups is 1. The predicted molar refractivity (Wildman–Crippen MR) is 56.1 cm³/mol. The third-order valence-corrected chi connectivity index (χ3v) is 2.03. The number of hydrogen-bond acceptors (Lipinski definition) is 4. The lowest BCUT2D eigenvalue weighted by Gasteiger charge is -1.87. The standard InChI is InChI=1S/C4H4BrN3.C4H7NO/c5-3-1-8-4(6)2-7-3;5-4(6)3-1-2-3/h1-2H,(H2,6,8);3H,1-2H2,(H2,5,6). The summed E-state index contributed by atoms with van der Waals surface area (Å²) < 4.78 is 0.701. The predicted octanol–water partition coefficient (Wildman–Crippen LogP) is 0.703. The average Bonchev–Trinajstić information content (AvgIpc) is 2.94. The van der Waals surface area contributed by atoms with E-state index < -0.39 is 0 Å². The lowest BCUT2D eigenvalue weighted by molar-refractivity contribution is -0.119. The van der Waals surface area contributed by atoms with Crippen molar-refractivity contribution in [1.82, 2.24) is 9.97 Å². The summed E-state index contributed by atoms with van der Waals surface area (Å²) in [6, 6.07) is 0. The fourth-order valence-corrected chi connectivity index (χ4v) is 0.895. The van der Waals surface area contributed by atoms with E-state index in [1.807, 2.05) is 0 Å². The molecule has 2 rings (SSSR count). The summed E-state index contributed by atoms with van der Waals surface area (Å²) in [4.78, 5) is 17.5. The Morgan fingerprint density at radius 2 is 2.07 bits per heavy atom. The molecular formula is C8H11BrN4O. The van der Waals surface area contributed by atoms with Gasteiger partial charge in [-0.2, -0.15) is 0 Å². The monoisotopic (exact) mass is 258 g/mol. The van der Waals surface area contributed by atoms with E-state index in [-0.39, 0.29) is 11.8 Å². The summed E-state index contributed by atoms with van der Waals surface area (Å²) in [5.74, 6) is 0.549. The molecule has 1 fully saturated rings. The van der Waals surface area contributed by atoms with Crippen molar-refractivity contribution < 1.29 is 4.79 Å². The molecule has 76 valence electrons. The number of primary amides is 1. The van der Waals surface area contributed by atoms with Gasteiger partial charge in [-0.25, -0.2) is 9.97 Å². The van der Waals surface area contributed by atoms with Crippen LogP contribution in [0.2, 0.25) is 0 Å². The van der Waals surface area contributed by atoms with E-state index in [1.54, 1.807) is 6.20 Å². The van der Waals surface area contributed by atoms with Crippen molar-refractivity contribution in [2.24, 2.45) is 11.7 Å². The number of anilines is 1. The Morgan fingerprint density at radius 3 is 2.29 bits per heavy atom. The Balaban J connectivity index is 0.000000146. The van der Waals surface area contributed by atoms with Crippen molar-refractivity contribution >= 4 is 27.7 Å². The second kappa shape index (κ2) is 4.90. The second-order valence-corrected chi connectivity index (χ2v) is 3.75. The lowest BCUT2D eigenvalue weighted by Crippen LogP contribution is -2.11. The zero-order valence-corrected chi connectivity index (χ0v) is 9.07. The highest BCUT2D eigenvalue weighted by Crippen LogP contribution is 2.27. The van der Waals surface area contributed by atoms with Gasteiger partial charge in [0.15, 0.2) is 0 Å². The van der Waals surface area contributed by atoms with E-state index in [4.69, 9.17) is 11.5 Å². The van der Waals surface area contributed by atoms with E-state index >= 15 is 0 Å². The van der Waals surface area contributed by atoms with E-state index in [0.29, 0.717) is 10.4 Å². The molecular weight excluding hydrogens is 248 g/mol. The average molecular weight is 259 g/mol. The van der Waals surface area contributed by atoms with Crippen molar-refractivity contribution in [2.75, 3.05) is 5.73 Å². The van der Waals surface area contributed by atoms with Gasteiger partial charge in [0.25, 0.3) is 0 Å². The molecule has 0 unspecified atom stereocenters. The number of halogens is 1. The molecule has 1 aromatic heterocycles. The molecule has 5 nitrogen and oxygen atoms in total. The number of nitrogen functional groups attached to an aromatic ring is 1. The van der Waals surface area contributed by atoms with Crippen LogP contribution in [0.4, 0.5) is 5.82 Å². The van der Waals surface area contributed by atoms with Gasteiger partial charge < -0.3 is 11.5 Å². The fourth-order valence-electron chi connectivity index (χ4n) is 0.690. The van der Waals surface area contributed by atoms with E-state index in [2.05, 4.69) is 25.9 Å². The van der Waals surface area contributed by atoms with Gasteiger partial charge in [-0.15, -0.1) is 0 Å². The van der Waals surface area contributed by atoms with Crippen LogP contribution in [0.15, 0.2) is 17.0 Å². The second-order valence-electron chi connectivity index (χ2n) is 2.94. The van der Waals surface area contributed by atoms with Crippen molar-refractivity contribution in [2.45, 2.75) is 12.8 Å². The number of nitrogens with two attached hydrogens (primary N) is 2. The van der Waals surface area contributed by atoms with Crippen molar-refractivity contribution in [3.63, 3.8) is 0 Å². The van der Waals surface area contributed by atoms with Crippen LogP contribution >= 0.6 is 15.9 Å². The lowest BCUT2D eigenvalue weighted by atomic mass is 10.4. The van der Waals surface area contributed by atoms with E-state index in [1.165, 1.54) is 6.20 Å². The van der Waals surface area contributed by atoms with Gasteiger partial charge in [-0.3, -0.25) is 4.79 Å². The van der Waals surface area contributed by atoms with Crippen molar-refractivity contribution in [1.29, 1.82) is 0 Å². The smallest absolute Gasteiger partial charge is 0.220 e. The van der Waals surface area contributed by atoms with E-state index in [9.17, 15) is 4.79 Å². The number of carbonyl (C=O) groups excluding carboxylic acids is 1. The van der Waals surface area contributed by atoms with Crippen LogP contribution in [-0.4, -0.2) is 15.9 Å². The molecule has 0 spiro atoms. The summed E-state index contributed by atoms with van der Waals surface area (Å²) in [6.45, 7) is 0. The van der Waals surface area contributed by atoms with Crippen LogP contribution < -0.4 is 11.5 Å². The minimum Gasteiger partial charge on any atom is -0.382 e. The molecule has 1 aliphatic rings. The Bertz CT molecular complexity index is 289. The molecule has 1 heterocycles. The Hall–Kier alpha value is -1.17. The highest BCUT2D eigenvalue weighted by molar-refractivity contribution is 9.10. The third-order valence-electron chi connectivity index (χ3n) is 1.62. The first kappa shape index (κ1) is 10.9. The Kier molecular flexibility index (Phi) is 3.82. The number of nitrogens with zero attached hydrogens (tertiary/aromatic N) is 2. The first-order valence-corrected chi connectivity index (χ1v) is 4.91. The molecule has 6 heteroatoms. The Labute approximate surface area is 90.0 Å². The van der Waals surface area contributed by atoms with Crippen LogP contribution in [0.5, 0.6) is 0 Å². The minimum atomic E-state index is -0.130. The Morgan fingerprint density at radius 1 is 1.43 bits per heavy atom. The normalized spacial score (nSPS) is 14.1. The number of aromatic nitrogens is 2. The van der Waals surface area contributed by atoms with Crippen LogP contribution in [0.3, 0.4) is 0 Å². The molecule has 1 aromatic rings. The topological polar surface area (TPSA) is 94.9 Å². The zero-order valence-electron chi connectivity index (χ0n) is 7.48. The number of rotatable bonds is 1. The molecule has 0 atom stereocenters. The summed E-state index contributed by atoms with van der Waals surface area (Å²) in [6.07, 6.45) is 5.09. The molecule has 4 N–H and O–H groups in total. The van der Waals surface area contributed by atoms with Gasteiger partial charge in [0.2, 0.25) is 5.91 Å². The molecule has 1 aliphatic carbocycles. The van der Waals surface area contributed by atoms with Gasteiger partial charge in [0, 0.05) is 5.92 Å². The van der Waals surface area contributed by atoms with Crippen LogP contribution in [0.1, 0.15) is 12.8 Å². The summed E-state index contributed by atoms with van der Waals surface area (Å²) in [5, 5.41) is 0. The van der Waals surface area contributed by atoms with Gasteiger partial charge in [0.05, 0.1) is 12.4 Å². The first-order valence-electron chi connectivity index (χ1n) is 4.12. The largest absolute Gasteiger partial charge is 0.382 e. The van der Waals surface area contributed by atoms with Crippen molar-refractivity contribution in [3.05, 3.63) is 17.0 Å². The van der Waals surface area contributed by atoms with Gasteiger partial charge in [-0.1, -0.05) is 0 Å². The SMILES string of the molecule is NC(=O)C1CC1.Nc1cnc(Br)cn1. The van der Waals surface area contributed by atoms with Crippen LogP contribution in [0.25, 0.3) is 0 Å². The van der Waals surface area contributed by atoms with Crippen LogP contribution in [0, 0.1) is 5.92 Å². The highest BCUT2D eigenvalue weighted by Gasteiger charge is 2.26. The molecule has 14 heavy (non-hydrogen) atoms. The maximum atomic E-state index is 9.98. The summed E-state index contributed by atoms with van der Waals surface area (Å²) in [5.41, 5.74) is 10.1. The molecule has 0 aliphatic heterocycles. The molecule has 0 saturated heterocycles. The molecule has 0 aromatic carbocycles. The molecule has 1 saturated carbocycles. The third kappa shape index (κ3) is 4.18. The number of hydrogen-bond donors (Lipinski definition) is 2. The molecule has 0 bridgehead atoms. The van der Waals surface area contributed by atoms with Crippen LogP contribution in [-0.2, 0) is 4.79 Å². The first-order chi connectivity index (χ1) is 6.59. The minimum absolute atomic E-state index is 0.130. The maximum absolute atomic E-state index is 9.98. The van der Waals surface area contributed by atoms with Gasteiger partial charge in [-0.05, 0) is 28.8 Å². The maximum Gasteiger partial charge on any atom is 0.220 e. The quantitative estimate of drug-likeness (QED) is 0.776.